The van der Waals surface area contributed by atoms with Gasteiger partial charge in [0.25, 0.3) is 0 Å². The second kappa shape index (κ2) is 6.47. The van der Waals surface area contributed by atoms with Gasteiger partial charge in [0.05, 0.1) is 6.61 Å². The van der Waals surface area contributed by atoms with Crippen LogP contribution in [0.15, 0.2) is 23.2 Å². The van der Waals surface area contributed by atoms with Crippen molar-refractivity contribution in [3.63, 3.8) is 0 Å². The zero-order valence-corrected chi connectivity index (χ0v) is 10.1. The first-order valence-electron chi connectivity index (χ1n) is 4.72. The van der Waals surface area contributed by atoms with E-state index in [0.717, 1.165) is 4.90 Å². The maximum absolute atomic E-state index is 11.5. The standard InChI is InChI=1S/C10H15N3O2S/c1-15-6-8(11)10(14)13-9-4-3-7(16-2)5-12-9/h3-5,8H,6,11H2,1-2H3,(H,12,13,14). The summed E-state index contributed by atoms with van der Waals surface area (Å²) in [5.41, 5.74) is 5.56. The van der Waals surface area contributed by atoms with Gasteiger partial charge in [-0.05, 0) is 18.4 Å². The van der Waals surface area contributed by atoms with Crippen LogP contribution in [-0.4, -0.2) is 36.9 Å². The number of hydrogen-bond donors (Lipinski definition) is 2. The summed E-state index contributed by atoms with van der Waals surface area (Å²) in [5, 5.41) is 2.61. The number of anilines is 1. The van der Waals surface area contributed by atoms with E-state index in [1.807, 2.05) is 12.3 Å². The molecular formula is C10H15N3O2S. The fourth-order valence-corrected chi connectivity index (χ4v) is 1.41. The minimum atomic E-state index is -0.674. The molecule has 5 nitrogen and oxygen atoms in total. The number of pyridine rings is 1. The molecule has 0 saturated carbocycles. The van der Waals surface area contributed by atoms with E-state index in [1.54, 1.807) is 24.0 Å². The fourth-order valence-electron chi connectivity index (χ4n) is 1.05. The summed E-state index contributed by atoms with van der Waals surface area (Å²) in [5.74, 6) is 0.195. The van der Waals surface area contributed by atoms with Crippen molar-refractivity contribution in [2.75, 3.05) is 25.3 Å². The predicted octanol–water partition coefficient (Wildman–Crippen LogP) is 0.716. The molecule has 3 N–H and O–H groups in total. The van der Waals surface area contributed by atoms with Crippen molar-refractivity contribution in [2.24, 2.45) is 5.73 Å². The minimum absolute atomic E-state index is 0.189. The molecule has 0 aliphatic heterocycles. The molecule has 1 aromatic rings. The third-order valence-electron chi connectivity index (χ3n) is 1.91. The molecule has 16 heavy (non-hydrogen) atoms. The van der Waals surface area contributed by atoms with Crippen LogP contribution >= 0.6 is 11.8 Å². The van der Waals surface area contributed by atoms with Gasteiger partial charge in [0.1, 0.15) is 11.9 Å². The van der Waals surface area contributed by atoms with E-state index in [1.165, 1.54) is 7.11 Å². The lowest BCUT2D eigenvalue weighted by Crippen LogP contribution is -2.39. The molecule has 0 aliphatic rings. The van der Waals surface area contributed by atoms with Crippen LogP contribution in [0.25, 0.3) is 0 Å². The molecule has 88 valence electrons. The number of nitrogens with zero attached hydrogens (tertiary/aromatic N) is 1. The van der Waals surface area contributed by atoms with Gasteiger partial charge in [-0.25, -0.2) is 4.98 Å². The van der Waals surface area contributed by atoms with Gasteiger partial charge in [0.2, 0.25) is 5.91 Å². The lowest BCUT2D eigenvalue weighted by atomic mass is 10.3. The molecule has 0 aromatic carbocycles. The Labute approximate surface area is 98.8 Å². The summed E-state index contributed by atoms with van der Waals surface area (Å²) in [6.45, 7) is 0.189. The van der Waals surface area contributed by atoms with Gasteiger partial charge < -0.3 is 15.8 Å². The normalized spacial score (nSPS) is 12.2. The fraction of sp³-hybridized carbons (Fsp3) is 0.400. The Bertz CT molecular complexity index is 342. The Morgan fingerprint density at radius 2 is 2.44 bits per heavy atom. The molecule has 1 aromatic heterocycles. The number of nitrogens with one attached hydrogen (secondary N) is 1. The largest absolute Gasteiger partial charge is 0.383 e. The van der Waals surface area contributed by atoms with Crippen molar-refractivity contribution in [1.82, 2.24) is 4.98 Å². The van der Waals surface area contributed by atoms with Crippen LogP contribution < -0.4 is 11.1 Å². The van der Waals surface area contributed by atoms with Gasteiger partial charge >= 0.3 is 0 Å². The summed E-state index contributed by atoms with van der Waals surface area (Å²) in [7, 11) is 1.50. The number of rotatable bonds is 5. The molecule has 0 fully saturated rings. The van der Waals surface area contributed by atoms with Gasteiger partial charge in [-0.2, -0.15) is 0 Å². The number of ether oxygens (including phenoxy) is 1. The summed E-state index contributed by atoms with van der Waals surface area (Å²) in [6.07, 6.45) is 3.66. The van der Waals surface area contributed by atoms with Crippen LogP contribution in [0.3, 0.4) is 0 Å². The highest BCUT2D eigenvalue weighted by atomic mass is 32.2. The zero-order chi connectivity index (χ0) is 12.0. The lowest BCUT2D eigenvalue weighted by Gasteiger charge is -2.10. The first-order chi connectivity index (χ1) is 7.67. The molecule has 1 amide bonds. The molecule has 1 atom stereocenters. The molecule has 0 saturated heterocycles. The predicted molar refractivity (Wildman–Crippen MR) is 64.5 cm³/mol. The third kappa shape index (κ3) is 3.80. The first-order valence-corrected chi connectivity index (χ1v) is 5.95. The van der Waals surface area contributed by atoms with Crippen molar-refractivity contribution in [3.05, 3.63) is 18.3 Å². The zero-order valence-electron chi connectivity index (χ0n) is 9.27. The van der Waals surface area contributed by atoms with Gasteiger partial charge in [-0.1, -0.05) is 0 Å². The smallest absolute Gasteiger partial charge is 0.244 e. The molecule has 1 unspecified atom stereocenters. The monoisotopic (exact) mass is 241 g/mol. The van der Waals surface area contributed by atoms with Crippen LogP contribution in [0.5, 0.6) is 0 Å². The second-order valence-electron chi connectivity index (χ2n) is 3.13. The number of hydrogen-bond acceptors (Lipinski definition) is 5. The molecule has 1 heterocycles. The third-order valence-corrected chi connectivity index (χ3v) is 2.62. The van der Waals surface area contributed by atoms with E-state index in [4.69, 9.17) is 10.5 Å². The molecule has 0 radical (unpaired) electrons. The average molecular weight is 241 g/mol. The molecule has 6 heteroatoms. The van der Waals surface area contributed by atoms with Gasteiger partial charge in [0, 0.05) is 18.2 Å². The van der Waals surface area contributed by atoms with Crippen molar-refractivity contribution in [1.29, 1.82) is 0 Å². The number of methoxy groups -OCH3 is 1. The number of carbonyl (C=O) groups excluding carboxylic acids is 1. The van der Waals surface area contributed by atoms with E-state index in [-0.39, 0.29) is 12.5 Å². The van der Waals surface area contributed by atoms with Crippen molar-refractivity contribution >= 4 is 23.5 Å². The maximum atomic E-state index is 11.5. The Morgan fingerprint density at radius 3 is 2.94 bits per heavy atom. The van der Waals surface area contributed by atoms with Gasteiger partial charge in [0.15, 0.2) is 0 Å². The van der Waals surface area contributed by atoms with Crippen LogP contribution in [0.4, 0.5) is 5.82 Å². The number of thioether (sulfide) groups is 1. The Balaban J connectivity index is 2.55. The Hall–Kier alpha value is -1.11. The molecule has 0 aliphatic carbocycles. The summed E-state index contributed by atoms with van der Waals surface area (Å²) in [6, 6.07) is 2.95. The van der Waals surface area contributed by atoms with Crippen molar-refractivity contribution in [3.8, 4) is 0 Å². The van der Waals surface area contributed by atoms with Crippen LogP contribution in [-0.2, 0) is 9.53 Å². The summed E-state index contributed by atoms with van der Waals surface area (Å²) < 4.78 is 4.79. The average Bonchev–Trinajstić information content (AvgIpc) is 2.30. The first kappa shape index (κ1) is 13.0. The summed E-state index contributed by atoms with van der Waals surface area (Å²) >= 11 is 1.59. The molecule has 1 rings (SSSR count). The highest BCUT2D eigenvalue weighted by molar-refractivity contribution is 7.98. The van der Waals surface area contributed by atoms with Crippen LogP contribution in [0.2, 0.25) is 0 Å². The van der Waals surface area contributed by atoms with Crippen LogP contribution in [0.1, 0.15) is 0 Å². The highest BCUT2D eigenvalue weighted by Gasteiger charge is 2.13. The molecule has 0 spiro atoms. The number of amides is 1. The summed E-state index contributed by atoms with van der Waals surface area (Å²) in [4.78, 5) is 16.6. The highest BCUT2D eigenvalue weighted by Crippen LogP contribution is 2.14. The molecular weight excluding hydrogens is 226 g/mol. The van der Waals surface area contributed by atoms with Gasteiger partial charge in [-0.15, -0.1) is 11.8 Å². The van der Waals surface area contributed by atoms with Crippen molar-refractivity contribution < 1.29 is 9.53 Å². The Morgan fingerprint density at radius 1 is 1.69 bits per heavy atom. The number of carbonyl (C=O) groups is 1. The van der Waals surface area contributed by atoms with E-state index < -0.39 is 6.04 Å². The SMILES string of the molecule is COCC(N)C(=O)Nc1ccc(SC)cn1. The second-order valence-corrected chi connectivity index (χ2v) is 4.01. The van der Waals surface area contributed by atoms with Crippen molar-refractivity contribution in [2.45, 2.75) is 10.9 Å². The van der Waals surface area contributed by atoms with Crippen LogP contribution in [0, 0.1) is 0 Å². The topological polar surface area (TPSA) is 77.2 Å². The Kier molecular flexibility index (Phi) is 5.24. The maximum Gasteiger partial charge on any atom is 0.244 e. The lowest BCUT2D eigenvalue weighted by molar-refractivity contribution is -0.118. The van der Waals surface area contributed by atoms with E-state index in [0.29, 0.717) is 5.82 Å². The molecule has 0 bridgehead atoms. The van der Waals surface area contributed by atoms with E-state index >= 15 is 0 Å². The number of nitrogens with two attached hydrogens (primary N) is 1. The minimum Gasteiger partial charge on any atom is -0.383 e. The van der Waals surface area contributed by atoms with Gasteiger partial charge in [-0.3, -0.25) is 4.79 Å². The van der Waals surface area contributed by atoms with E-state index in [9.17, 15) is 4.79 Å². The van der Waals surface area contributed by atoms with E-state index in [2.05, 4.69) is 10.3 Å². The number of aromatic nitrogens is 1. The quantitative estimate of drug-likeness (QED) is 0.743.